The summed E-state index contributed by atoms with van der Waals surface area (Å²) in [5.41, 5.74) is 0.240. The van der Waals surface area contributed by atoms with Gasteiger partial charge in [0.05, 0.1) is 10.6 Å². The van der Waals surface area contributed by atoms with Crippen molar-refractivity contribution >= 4 is 9.84 Å². The summed E-state index contributed by atoms with van der Waals surface area (Å²) in [7, 11) is -3.84. The van der Waals surface area contributed by atoms with E-state index in [1.807, 2.05) is 0 Å². The minimum atomic E-state index is -3.84. The molecule has 0 aliphatic heterocycles. The SMILES string of the molecule is O=S(=O)(Cc1cccc(F)c1)c1ccc(F)c(F)c1. The highest BCUT2D eigenvalue weighted by atomic mass is 32.2. The third-order valence-electron chi connectivity index (χ3n) is 2.50. The minimum absolute atomic E-state index is 0.240. The lowest BCUT2D eigenvalue weighted by atomic mass is 10.2. The Bertz CT molecular complexity index is 712. The highest BCUT2D eigenvalue weighted by Crippen LogP contribution is 2.19. The average molecular weight is 286 g/mol. The third-order valence-corrected chi connectivity index (χ3v) is 4.18. The zero-order chi connectivity index (χ0) is 14.0. The maximum atomic E-state index is 13.0. The van der Waals surface area contributed by atoms with Gasteiger partial charge in [-0.1, -0.05) is 12.1 Å². The van der Waals surface area contributed by atoms with E-state index in [1.165, 1.54) is 18.2 Å². The number of sulfone groups is 1. The molecule has 0 fully saturated rings. The summed E-state index contributed by atoms with van der Waals surface area (Å²) < 4.78 is 62.6. The third kappa shape index (κ3) is 3.14. The number of hydrogen-bond donors (Lipinski definition) is 0. The molecule has 0 unspecified atom stereocenters. The van der Waals surface area contributed by atoms with Crippen LogP contribution in [0.3, 0.4) is 0 Å². The molecule has 0 aliphatic carbocycles. The lowest BCUT2D eigenvalue weighted by Gasteiger charge is -2.05. The lowest BCUT2D eigenvalue weighted by Crippen LogP contribution is -2.06. The van der Waals surface area contributed by atoms with E-state index in [0.29, 0.717) is 6.07 Å². The molecule has 0 aromatic heterocycles. The minimum Gasteiger partial charge on any atom is -0.223 e. The Morgan fingerprint density at radius 2 is 1.63 bits per heavy atom. The predicted octanol–water partition coefficient (Wildman–Crippen LogP) is 3.08. The molecule has 2 nitrogen and oxygen atoms in total. The zero-order valence-electron chi connectivity index (χ0n) is 9.61. The van der Waals surface area contributed by atoms with Crippen LogP contribution in [0, 0.1) is 17.5 Å². The number of benzene rings is 2. The largest absolute Gasteiger partial charge is 0.223 e. The highest BCUT2D eigenvalue weighted by Gasteiger charge is 2.17. The topological polar surface area (TPSA) is 34.1 Å². The van der Waals surface area contributed by atoms with Crippen LogP contribution >= 0.6 is 0 Å². The fraction of sp³-hybridized carbons (Fsp3) is 0.0769. The Balaban J connectivity index is 2.35. The molecule has 0 heterocycles. The first-order valence-corrected chi connectivity index (χ1v) is 6.96. The van der Waals surface area contributed by atoms with Crippen LogP contribution in [0.15, 0.2) is 47.4 Å². The first-order chi connectivity index (χ1) is 8.88. The zero-order valence-corrected chi connectivity index (χ0v) is 10.4. The number of halogens is 3. The standard InChI is InChI=1S/C13H9F3O2S/c14-10-3-1-2-9(6-10)8-19(17,18)11-4-5-12(15)13(16)7-11/h1-7H,8H2. The van der Waals surface area contributed by atoms with Gasteiger partial charge >= 0.3 is 0 Å². The van der Waals surface area contributed by atoms with Gasteiger partial charge in [-0.3, -0.25) is 0 Å². The van der Waals surface area contributed by atoms with Crippen LogP contribution in [-0.4, -0.2) is 8.42 Å². The lowest BCUT2D eigenvalue weighted by molar-refractivity contribution is 0.504. The Morgan fingerprint density at radius 1 is 0.895 bits per heavy atom. The van der Waals surface area contributed by atoms with E-state index in [-0.39, 0.29) is 10.5 Å². The fourth-order valence-electron chi connectivity index (χ4n) is 1.60. The Hall–Kier alpha value is -1.82. The van der Waals surface area contributed by atoms with Gasteiger partial charge in [0.1, 0.15) is 5.82 Å². The van der Waals surface area contributed by atoms with Crippen LogP contribution in [-0.2, 0) is 15.6 Å². The van der Waals surface area contributed by atoms with E-state index >= 15 is 0 Å². The first kappa shape index (κ1) is 13.6. The van der Waals surface area contributed by atoms with Gasteiger partial charge in [-0.2, -0.15) is 0 Å². The molecular formula is C13H9F3O2S. The molecule has 100 valence electrons. The first-order valence-electron chi connectivity index (χ1n) is 5.31. The van der Waals surface area contributed by atoms with Crippen molar-refractivity contribution in [3.63, 3.8) is 0 Å². The van der Waals surface area contributed by atoms with Crippen LogP contribution in [0.5, 0.6) is 0 Å². The maximum absolute atomic E-state index is 13.0. The second-order valence-electron chi connectivity index (χ2n) is 3.96. The van der Waals surface area contributed by atoms with E-state index in [1.54, 1.807) is 0 Å². The number of rotatable bonds is 3. The Kier molecular flexibility index (Phi) is 3.61. The molecule has 2 rings (SSSR count). The average Bonchev–Trinajstić information content (AvgIpc) is 2.32. The Labute approximate surface area is 108 Å². The van der Waals surface area contributed by atoms with Crippen molar-refractivity contribution in [2.45, 2.75) is 10.6 Å². The second-order valence-corrected chi connectivity index (χ2v) is 5.95. The van der Waals surface area contributed by atoms with Gasteiger partial charge in [-0.25, -0.2) is 21.6 Å². The summed E-state index contributed by atoms with van der Waals surface area (Å²) in [5, 5.41) is 0. The van der Waals surface area contributed by atoms with Gasteiger partial charge in [0.15, 0.2) is 21.5 Å². The molecule has 0 spiro atoms. The van der Waals surface area contributed by atoms with Gasteiger partial charge in [0, 0.05) is 0 Å². The molecule has 6 heteroatoms. The van der Waals surface area contributed by atoms with Crippen LogP contribution in [0.2, 0.25) is 0 Å². The summed E-state index contributed by atoms with van der Waals surface area (Å²) >= 11 is 0. The van der Waals surface area contributed by atoms with Crippen LogP contribution in [0.1, 0.15) is 5.56 Å². The van der Waals surface area contributed by atoms with Crippen molar-refractivity contribution in [2.24, 2.45) is 0 Å². The van der Waals surface area contributed by atoms with E-state index < -0.39 is 33.0 Å². The highest BCUT2D eigenvalue weighted by molar-refractivity contribution is 7.90. The normalized spacial score (nSPS) is 11.5. The molecule has 2 aromatic rings. The van der Waals surface area contributed by atoms with Gasteiger partial charge < -0.3 is 0 Å². The molecule has 0 radical (unpaired) electrons. The van der Waals surface area contributed by atoms with Crippen molar-refractivity contribution < 1.29 is 21.6 Å². The van der Waals surface area contributed by atoms with Crippen LogP contribution < -0.4 is 0 Å². The molecule has 0 atom stereocenters. The van der Waals surface area contributed by atoms with Crippen LogP contribution in [0.4, 0.5) is 13.2 Å². The second kappa shape index (κ2) is 5.05. The monoisotopic (exact) mass is 286 g/mol. The van der Waals surface area contributed by atoms with Crippen LogP contribution in [0.25, 0.3) is 0 Å². The summed E-state index contributed by atoms with van der Waals surface area (Å²) in [5.74, 6) is -3.39. The van der Waals surface area contributed by atoms with Crippen molar-refractivity contribution in [3.8, 4) is 0 Å². The molecule has 2 aromatic carbocycles. The summed E-state index contributed by atoms with van der Waals surface area (Å²) in [6.45, 7) is 0. The fourth-order valence-corrected chi connectivity index (χ4v) is 2.94. The van der Waals surface area contributed by atoms with Gasteiger partial charge in [-0.15, -0.1) is 0 Å². The molecular weight excluding hydrogens is 277 g/mol. The van der Waals surface area contributed by atoms with Crippen molar-refractivity contribution in [3.05, 3.63) is 65.5 Å². The molecule has 0 bridgehead atoms. The van der Waals surface area contributed by atoms with Crippen molar-refractivity contribution in [1.29, 1.82) is 0 Å². The molecule has 0 aliphatic rings. The van der Waals surface area contributed by atoms with Gasteiger partial charge in [-0.05, 0) is 35.9 Å². The molecule has 0 saturated carbocycles. The molecule has 0 saturated heterocycles. The van der Waals surface area contributed by atoms with E-state index in [9.17, 15) is 21.6 Å². The van der Waals surface area contributed by atoms with Crippen molar-refractivity contribution in [1.82, 2.24) is 0 Å². The summed E-state index contributed by atoms with van der Waals surface area (Å²) in [4.78, 5) is -0.337. The summed E-state index contributed by atoms with van der Waals surface area (Å²) in [6.07, 6.45) is 0. The predicted molar refractivity (Wildman–Crippen MR) is 63.6 cm³/mol. The molecule has 19 heavy (non-hydrogen) atoms. The molecule has 0 N–H and O–H groups in total. The van der Waals surface area contributed by atoms with Gasteiger partial charge in [0.25, 0.3) is 0 Å². The van der Waals surface area contributed by atoms with Crippen molar-refractivity contribution in [2.75, 3.05) is 0 Å². The number of hydrogen-bond acceptors (Lipinski definition) is 2. The van der Waals surface area contributed by atoms with E-state index in [4.69, 9.17) is 0 Å². The Morgan fingerprint density at radius 3 is 2.26 bits per heavy atom. The van der Waals surface area contributed by atoms with E-state index in [0.717, 1.165) is 18.2 Å². The summed E-state index contributed by atoms with van der Waals surface area (Å²) in [6, 6.07) is 7.43. The molecule has 0 amide bonds. The van der Waals surface area contributed by atoms with Gasteiger partial charge in [0.2, 0.25) is 0 Å². The van der Waals surface area contributed by atoms with E-state index in [2.05, 4.69) is 0 Å². The smallest absolute Gasteiger partial charge is 0.182 e. The maximum Gasteiger partial charge on any atom is 0.182 e. The quantitative estimate of drug-likeness (QED) is 0.813.